The monoisotopic (exact) mass is 278 g/mol. The molecule has 1 unspecified atom stereocenters. The predicted molar refractivity (Wildman–Crippen MR) is 80.5 cm³/mol. The van der Waals surface area contributed by atoms with E-state index in [9.17, 15) is 0 Å². The van der Waals surface area contributed by atoms with Crippen molar-refractivity contribution in [2.24, 2.45) is 5.92 Å². The Kier molecular flexibility index (Phi) is 3.87. The first-order valence-corrected chi connectivity index (χ1v) is 8.35. The van der Waals surface area contributed by atoms with Crippen LogP contribution in [0.25, 0.3) is 10.2 Å². The molecule has 0 saturated heterocycles. The van der Waals surface area contributed by atoms with Crippen molar-refractivity contribution in [3.05, 3.63) is 24.3 Å². The fourth-order valence-corrected chi connectivity index (χ4v) is 4.11. The number of benzene rings is 1. The Bertz CT molecular complexity index is 486. The minimum absolute atomic E-state index is 0.695. The highest BCUT2D eigenvalue weighted by molar-refractivity contribution is 8.01. The molecule has 1 aliphatic rings. The van der Waals surface area contributed by atoms with Gasteiger partial charge in [-0.05, 0) is 37.8 Å². The number of nitrogens with one attached hydrogen (secondary N) is 1. The standard InChI is InChI=1S/C14H18N2S2/c1-10(11-6-7-11)15-8-9-17-14-16-12-4-2-3-5-13(12)18-14/h2-5,10-11,15H,6-9H2,1H3. The first-order valence-electron chi connectivity index (χ1n) is 6.55. The van der Waals surface area contributed by atoms with Crippen LogP contribution in [0.5, 0.6) is 0 Å². The van der Waals surface area contributed by atoms with E-state index in [1.807, 2.05) is 11.8 Å². The van der Waals surface area contributed by atoms with Crippen LogP contribution in [0.3, 0.4) is 0 Å². The third-order valence-electron chi connectivity index (χ3n) is 3.40. The second kappa shape index (κ2) is 5.59. The molecule has 2 aromatic rings. The number of rotatable bonds is 6. The number of aromatic nitrogens is 1. The smallest absolute Gasteiger partial charge is 0.151 e. The molecule has 96 valence electrons. The van der Waals surface area contributed by atoms with Crippen LogP contribution < -0.4 is 5.32 Å². The summed E-state index contributed by atoms with van der Waals surface area (Å²) in [7, 11) is 0. The second-order valence-corrected chi connectivity index (χ2v) is 7.25. The van der Waals surface area contributed by atoms with Crippen LogP contribution in [0.1, 0.15) is 19.8 Å². The zero-order valence-electron chi connectivity index (χ0n) is 10.6. The van der Waals surface area contributed by atoms with Gasteiger partial charge in [-0.25, -0.2) is 4.98 Å². The second-order valence-electron chi connectivity index (χ2n) is 4.88. The molecule has 0 spiro atoms. The third kappa shape index (κ3) is 3.05. The van der Waals surface area contributed by atoms with Crippen LogP contribution in [-0.4, -0.2) is 23.3 Å². The number of thiazole rings is 1. The van der Waals surface area contributed by atoms with Gasteiger partial charge in [0.2, 0.25) is 0 Å². The van der Waals surface area contributed by atoms with E-state index in [1.54, 1.807) is 11.3 Å². The lowest BCUT2D eigenvalue weighted by molar-refractivity contribution is 0.514. The minimum atomic E-state index is 0.695. The van der Waals surface area contributed by atoms with Crippen LogP contribution in [0.2, 0.25) is 0 Å². The largest absolute Gasteiger partial charge is 0.313 e. The number of nitrogens with zero attached hydrogens (tertiary/aromatic N) is 1. The maximum atomic E-state index is 4.63. The number of thioether (sulfide) groups is 1. The molecule has 0 radical (unpaired) electrons. The molecule has 1 aromatic carbocycles. The van der Waals surface area contributed by atoms with Crippen molar-refractivity contribution in [3.8, 4) is 0 Å². The Balaban J connectivity index is 1.47. The van der Waals surface area contributed by atoms with Crippen molar-refractivity contribution in [1.82, 2.24) is 10.3 Å². The summed E-state index contributed by atoms with van der Waals surface area (Å²) in [6, 6.07) is 9.05. The number of hydrogen-bond donors (Lipinski definition) is 1. The van der Waals surface area contributed by atoms with E-state index in [-0.39, 0.29) is 0 Å². The Morgan fingerprint density at radius 3 is 3.06 bits per heavy atom. The summed E-state index contributed by atoms with van der Waals surface area (Å²) in [4.78, 5) is 4.63. The summed E-state index contributed by atoms with van der Waals surface area (Å²) >= 11 is 3.66. The molecule has 1 saturated carbocycles. The molecule has 2 nitrogen and oxygen atoms in total. The summed E-state index contributed by atoms with van der Waals surface area (Å²) in [5.41, 5.74) is 1.13. The molecule has 1 heterocycles. The zero-order chi connectivity index (χ0) is 12.4. The maximum absolute atomic E-state index is 4.63. The van der Waals surface area contributed by atoms with Gasteiger partial charge in [0.1, 0.15) is 0 Å². The molecule has 1 aliphatic carbocycles. The molecule has 1 N–H and O–H groups in total. The molecule has 0 aliphatic heterocycles. The summed E-state index contributed by atoms with van der Waals surface area (Å²) in [6.07, 6.45) is 2.83. The number of fused-ring (bicyclic) bond motifs is 1. The number of hydrogen-bond acceptors (Lipinski definition) is 4. The summed E-state index contributed by atoms with van der Waals surface area (Å²) in [5, 5.41) is 3.60. The Morgan fingerprint density at radius 2 is 2.28 bits per heavy atom. The highest BCUT2D eigenvalue weighted by Gasteiger charge is 2.27. The number of para-hydroxylation sites is 1. The molecule has 18 heavy (non-hydrogen) atoms. The van der Waals surface area contributed by atoms with Gasteiger partial charge < -0.3 is 5.32 Å². The van der Waals surface area contributed by atoms with Gasteiger partial charge in [0.25, 0.3) is 0 Å². The minimum Gasteiger partial charge on any atom is -0.313 e. The normalized spacial score (nSPS) is 17.2. The van der Waals surface area contributed by atoms with E-state index >= 15 is 0 Å². The van der Waals surface area contributed by atoms with E-state index in [2.05, 4.69) is 41.5 Å². The molecular formula is C14H18N2S2. The van der Waals surface area contributed by atoms with E-state index in [4.69, 9.17) is 0 Å². The van der Waals surface area contributed by atoms with Crippen molar-refractivity contribution in [2.75, 3.05) is 12.3 Å². The Labute approximate surface area is 116 Å². The van der Waals surface area contributed by atoms with E-state index < -0.39 is 0 Å². The van der Waals surface area contributed by atoms with Crippen LogP contribution in [0.15, 0.2) is 28.6 Å². The highest BCUT2D eigenvalue weighted by Crippen LogP contribution is 2.32. The molecule has 0 bridgehead atoms. The lowest BCUT2D eigenvalue weighted by Crippen LogP contribution is -2.29. The van der Waals surface area contributed by atoms with Gasteiger partial charge >= 0.3 is 0 Å². The van der Waals surface area contributed by atoms with E-state index in [0.29, 0.717) is 6.04 Å². The Hall–Kier alpha value is -0.580. The molecule has 4 heteroatoms. The van der Waals surface area contributed by atoms with Crippen molar-refractivity contribution in [2.45, 2.75) is 30.1 Å². The molecular weight excluding hydrogens is 260 g/mol. The zero-order valence-corrected chi connectivity index (χ0v) is 12.2. The van der Waals surface area contributed by atoms with Gasteiger partial charge in [-0.3, -0.25) is 0 Å². The van der Waals surface area contributed by atoms with E-state index in [1.165, 1.54) is 21.9 Å². The van der Waals surface area contributed by atoms with Crippen molar-refractivity contribution in [1.29, 1.82) is 0 Å². The van der Waals surface area contributed by atoms with Crippen LogP contribution in [0.4, 0.5) is 0 Å². The van der Waals surface area contributed by atoms with E-state index in [0.717, 1.165) is 23.7 Å². The first kappa shape index (κ1) is 12.5. The van der Waals surface area contributed by atoms with Crippen LogP contribution in [-0.2, 0) is 0 Å². The van der Waals surface area contributed by atoms with Crippen LogP contribution in [0, 0.1) is 5.92 Å². The van der Waals surface area contributed by atoms with Gasteiger partial charge in [-0.15, -0.1) is 11.3 Å². The van der Waals surface area contributed by atoms with Gasteiger partial charge in [0.15, 0.2) is 4.34 Å². The molecule has 1 aromatic heterocycles. The highest BCUT2D eigenvalue weighted by atomic mass is 32.2. The van der Waals surface area contributed by atoms with Crippen LogP contribution >= 0.6 is 23.1 Å². The third-order valence-corrected chi connectivity index (χ3v) is 5.58. The summed E-state index contributed by atoms with van der Waals surface area (Å²) in [5.74, 6) is 2.05. The lowest BCUT2D eigenvalue weighted by atomic mass is 10.2. The predicted octanol–water partition coefficient (Wildman–Crippen LogP) is 3.78. The lowest BCUT2D eigenvalue weighted by Gasteiger charge is -2.11. The fourth-order valence-electron chi connectivity index (χ4n) is 2.10. The van der Waals surface area contributed by atoms with Gasteiger partial charge in [-0.1, -0.05) is 23.9 Å². The quantitative estimate of drug-likeness (QED) is 0.643. The molecule has 3 rings (SSSR count). The fraction of sp³-hybridized carbons (Fsp3) is 0.500. The van der Waals surface area contributed by atoms with Crippen molar-refractivity contribution < 1.29 is 0 Å². The summed E-state index contributed by atoms with van der Waals surface area (Å²) in [6.45, 7) is 3.39. The Morgan fingerprint density at radius 1 is 1.44 bits per heavy atom. The average Bonchev–Trinajstić information content (AvgIpc) is 3.14. The SMILES string of the molecule is CC(NCCSc1nc2ccccc2s1)C1CC1. The average molecular weight is 278 g/mol. The van der Waals surface area contributed by atoms with Crippen molar-refractivity contribution >= 4 is 33.3 Å². The van der Waals surface area contributed by atoms with Gasteiger partial charge in [-0.2, -0.15) is 0 Å². The molecule has 1 fully saturated rings. The van der Waals surface area contributed by atoms with Gasteiger partial charge in [0.05, 0.1) is 10.2 Å². The van der Waals surface area contributed by atoms with Gasteiger partial charge in [0, 0.05) is 18.3 Å². The van der Waals surface area contributed by atoms with Crippen molar-refractivity contribution in [3.63, 3.8) is 0 Å². The topological polar surface area (TPSA) is 24.9 Å². The molecule has 1 atom stereocenters. The maximum Gasteiger partial charge on any atom is 0.151 e. The molecule has 0 amide bonds. The first-order chi connectivity index (χ1) is 8.83. The summed E-state index contributed by atoms with van der Waals surface area (Å²) < 4.78 is 2.48.